The molecule has 0 aliphatic carbocycles. The fourth-order valence-corrected chi connectivity index (χ4v) is 3.96. The number of aryl methyl sites for hydroxylation is 1. The molecule has 35 heavy (non-hydrogen) atoms. The summed E-state index contributed by atoms with van der Waals surface area (Å²) < 4.78 is 37.6. The van der Waals surface area contributed by atoms with E-state index in [1.54, 1.807) is 6.07 Å². The molecule has 10 heteroatoms. The lowest BCUT2D eigenvalue weighted by molar-refractivity contribution is 0.00559. The summed E-state index contributed by atoms with van der Waals surface area (Å²) in [5, 5.41) is 6.34. The predicted molar refractivity (Wildman–Crippen MR) is 130 cm³/mol. The molecule has 3 rings (SSSR count). The summed E-state index contributed by atoms with van der Waals surface area (Å²) in [7, 11) is 0. The summed E-state index contributed by atoms with van der Waals surface area (Å²) >= 11 is 0. The van der Waals surface area contributed by atoms with Crippen LogP contribution < -0.4 is 20.7 Å². The van der Waals surface area contributed by atoms with Crippen LogP contribution in [0.15, 0.2) is 22.7 Å². The molecule has 1 aromatic carbocycles. The molecular formula is C25H37F2N5O3. The Kier molecular flexibility index (Phi) is 8.69. The molecule has 0 bridgehead atoms. The first-order valence-corrected chi connectivity index (χ1v) is 12.2. The van der Waals surface area contributed by atoms with Gasteiger partial charge in [0.25, 0.3) is 5.91 Å². The largest absolute Gasteiger partial charge is 0.494 e. The Morgan fingerprint density at radius 2 is 2.00 bits per heavy atom. The summed E-state index contributed by atoms with van der Waals surface area (Å²) in [5.41, 5.74) is 7.08. The summed E-state index contributed by atoms with van der Waals surface area (Å²) in [6.45, 7) is 9.70. The van der Waals surface area contributed by atoms with Crippen LogP contribution in [0.25, 0.3) is 0 Å². The standard InChI is InChI=1S/C25H37F2N5O3/c1-17-14-19(7-8-20(17)21(33)29-16-24(2,3)15-28)34-13-5-6-18-9-11-32(12-10-18)23-30-22(31-35-23)25(4,26)27/h7-8,14,18H,5-6,9-13,15-16,28H2,1-4H3,(H,29,33). The van der Waals surface area contributed by atoms with Crippen LogP contribution in [0.3, 0.4) is 0 Å². The third kappa shape index (κ3) is 7.62. The number of hydrogen-bond acceptors (Lipinski definition) is 7. The number of nitrogens with two attached hydrogens (primary N) is 1. The van der Waals surface area contributed by atoms with Gasteiger partial charge in [0.2, 0.25) is 5.82 Å². The van der Waals surface area contributed by atoms with Crippen molar-refractivity contribution in [2.45, 2.75) is 59.3 Å². The van der Waals surface area contributed by atoms with Crippen LogP contribution in [-0.2, 0) is 5.92 Å². The molecule has 2 aromatic rings. The number of anilines is 1. The molecule has 1 amide bonds. The van der Waals surface area contributed by atoms with Gasteiger partial charge >= 0.3 is 11.9 Å². The van der Waals surface area contributed by atoms with Gasteiger partial charge in [-0.2, -0.15) is 13.8 Å². The van der Waals surface area contributed by atoms with Crippen LogP contribution in [0, 0.1) is 18.3 Å². The van der Waals surface area contributed by atoms with Crippen LogP contribution in [0.2, 0.25) is 0 Å². The van der Waals surface area contributed by atoms with E-state index < -0.39 is 11.7 Å². The van der Waals surface area contributed by atoms with E-state index in [9.17, 15) is 13.6 Å². The number of piperidine rings is 1. The molecule has 2 heterocycles. The van der Waals surface area contributed by atoms with Gasteiger partial charge in [0.05, 0.1) is 6.61 Å². The smallest absolute Gasteiger partial charge is 0.324 e. The van der Waals surface area contributed by atoms with E-state index in [4.69, 9.17) is 15.0 Å². The number of alkyl halides is 2. The van der Waals surface area contributed by atoms with Gasteiger partial charge in [-0.25, -0.2) is 0 Å². The third-order valence-corrected chi connectivity index (χ3v) is 6.44. The van der Waals surface area contributed by atoms with E-state index in [0.717, 1.165) is 43.9 Å². The topological polar surface area (TPSA) is 107 Å². The van der Waals surface area contributed by atoms with E-state index in [1.807, 2.05) is 37.8 Å². The number of nitrogens with zero attached hydrogens (tertiary/aromatic N) is 3. The lowest BCUT2D eigenvalue weighted by atomic mass is 9.92. The maximum absolute atomic E-state index is 13.3. The number of aromatic nitrogens is 2. The van der Waals surface area contributed by atoms with E-state index in [-0.39, 0.29) is 17.3 Å². The number of carbonyl (C=O) groups excluding carboxylic acids is 1. The summed E-state index contributed by atoms with van der Waals surface area (Å²) in [4.78, 5) is 18.2. The zero-order valence-corrected chi connectivity index (χ0v) is 21.1. The number of rotatable bonds is 11. The first-order chi connectivity index (χ1) is 16.5. The number of carbonyl (C=O) groups is 1. The molecular weight excluding hydrogens is 456 g/mol. The van der Waals surface area contributed by atoms with Crippen LogP contribution in [0.1, 0.15) is 68.2 Å². The normalized spacial score (nSPS) is 15.3. The number of hydrogen-bond donors (Lipinski definition) is 2. The Labute approximate surface area is 205 Å². The van der Waals surface area contributed by atoms with Crippen molar-refractivity contribution in [3.63, 3.8) is 0 Å². The number of ether oxygens (including phenoxy) is 1. The van der Waals surface area contributed by atoms with Gasteiger partial charge in [-0.3, -0.25) is 4.79 Å². The highest BCUT2D eigenvalue weighted by Crippen LogP contribution is 2.29. The van der Waals surface area contributed by atoms with Crippen molar-refractivity contribution in [3.8, 4) is 5.75 Å². The monoisotopic (exact) mass is 493 g/mol. The second-order valence-corrected chi connectivity index (χ2v) is 10.2. The average Bonchev–Trinajstić information content (AvgIpc) is 3.32. The van der Waals surface area contributed by atoms with Crippen molar-refractivity contribution in [1.29, 1.82) is 0 Å². The summed E-state index contributed by atoms with van der Waals surface area (Å²) in [5.74, 6) is -2.51. The van der Waals surface area contributed by atoms with Crippen LogP contribution in [0.4, 0.5) is 14.8 Å². The molecule has 0 unspecified atom stereocenters. The minimum Gasteiger partial charge on any atom is -0.494 e. The highest BCUT2D eigenvalue weighted by atomic mass is 19.3. The molecule has 0 atom stereocenters. The molecule has 8 nitrogen and oxygen atoms in total. The van der Waals surface area contributed by atoms with Crippen molar-refractivity contribution in [2.24, 2.45) is 17.1 Å². The van der Waals surface area contributed by atoms with Gasteiger partial charge < -0.3 is 25.2 Å². The number of halogens is 2. The molecule has 0 saturated carbocycles. The molecule has 0 radical (unpaired) electrons. The van der Waals surface area contributed by atoms with Crippen molar-refractivity contribution in [1.82, 2.24) is 15.5 Å². The number of nitrogens with one attached hydrogen (secondary N) is 1. The van der Waals surface area contributed by atoms with E-state index >= 15 is 0 Å². The van der Waals surface area contributed by atoms with Gasteiger partial charge in [-0.15, -0.1) is 0 Å². The maximum Gasteiger partial charge on any atom is 0.324 e. The van der Waals surface area contributed by atoms with Crippen LogP contribution >= 0.6 is 0 Å². The highest BCUT2D eigenvalue weighted by molar-refractivity contribution is 5.95. The van der Waals surface area contributed by atoms with E-state index in [0.29, 0.717) is 44.3 Å². The molecule has 1 fully saturated rings. The second-order valence-electron chi connectivity index (χ2n) is 10.2. The van der Waals surface area contributed by atoms with Gasteiger partial charge in [0.15, 0.2) is 0 Å². The quantitative estimate of drug-likeness (QED) is 0.450. The molecule has 1 aliphatic heterocycles. The van der Waals surface area contributed by atoms with Gasteiger partial charge in [0, 0.05) is 32.1 Å². The lowest BCUT2D eigenvalue weighted by Crippen LogP contribution is -2.38. The number of amides is 1. The highest BCUT2D eigenvalue weighted by Gasteiger charge is 2.32. The fraction of sp³-hybridized carbons (Fsp3) is 0.640. The molecule has 1 aliphatic rings. The Morgan fingerprint density at radius 1 is 1.29 bits per heavy atom. The average molecular weight is 494 g/mol. The molecule has 3 N–H and O–H groups in total. The zero-order chi connectivity index (χ0) is 25.6. The molecule has 194 valence electrons. The van der Waals surface area contributed by atoms with Gasteiger partial charge in [-0.1, -0.05) is 19.0 Å². The van der Waals surface area contributed by atoms with E-state index in [2.05, 4.69) is 15.5 Å². The van der Waals surface area contributed by atoms with Crippen molar-refractivity contribution in [3.05, 3.63) is 35.2 Å². The van der Waals surface area contributed by atoms with E-state index in [1.165, 1.54) is 0 Å². The molecule has 0 spiro atoms. The van der Waals surface area contributed by atoms with Crippen molar-refractivity contribution >= 4 is 11.9 Å². The Hall–Kier alpha value is -2.75. The SMILES string of the molecule is Cc1cc(OCCCC2CCN(c3nc(C(C)(F)F)no3)CC2)ccc1C(=O)NCC(C)(C)CN. The van der Waals surface area contributed by atoms with Gasteiger partial charge in [-0.05, 0) is 74.2 Å². The van der Waals surface area contributed by atoms with Crippen LogP contribution in [0.5, 0.6) is 5.75 Å². The second kappa shape index (κ2) is 11.3. The minimum absolute atomic E-state index is 0.109. The number of benzene rings is 1. The minimum atomic E-state index is -3.10. The first-order valence-electron chi connectivity index (χ1n) is 12.2. The fourth-order valence-electron chi connectivity index (χ4n) is 3.96. The summed E-state index contributed by atoms with van der Waals surface area (Å²) in [6.07, 6.45) is 3.80. The lowest BCUT2D eigenvalue weighted by Gasteiger charge is -2.30. The van der Waals surface area contributed by atoms with Crippen molar-refractivity contribution in [2.75, 3.05) is 37.7 Å². The Bertz CT molecular complexity index is 982. The zero-order valence-electron chi connectivity index (χ0n) is 21.1. The predicted octanol–water partition coefficient (Wildman–Crippen LogP) is 4.28. The third-order valence-electron chi connectivity index (χ3n) is 6.44. The summed E-state index contributed by atoms with van der Waals surface area (Å²) in [6, 6.07) is 5.68. The Morgan fingerprint density at radius 3 is 2.60 bits per heavy atom. The molecule has 1 saturated heterocycles. The maximum atomic E-state index is 13.3. The molecule has 1 aromatic heterocycles. The Balaban J connectivity index is 1.38. The first kappa shape index (κ1) is 26.8. The van der Waals surface area contributed by atoms with Gasteiger partial charge in [0.1, 0.15) is 5.75 Å². The van der Waals surface area contributed by atoms with Crippen LogP contribution in [-0.4, -0.2) is 48.8 Å². The van der Waals surface area contributed by atoms with Crippen molar-refractivity contribution < 1.29 is 22.8 Å².